The molecule has 0 aromatic carbocycles. The van der Waals surface area contributed by atoms with Crippen LogP contribution in [0.1, 0.15) is 33.6 Å². The van der Waals surface area contributed by atoms with Crippen LogP contribution in [0.15, 0.2) is 0 Å². The minimum absolute atomic E-state index is 0.235. The van der Waals surface area contributed by atoms with E-state index in [1.165, 1.54) is 0 Å². The number of hydrogen-bond donors (Lipinski definition) is 1. The predicted octanol–water partition coefficient (Wildman–Crippen LogP) is 3.04. The third-order valence-electron chi connectivity index (χ3n) is 1.47. The lowest BCUT2D eigenvalue weighted by atomic mass is 9.63. The van der Waals surface area contributed by atoms with Gasteiger partial charge in [-0.25, -0.2) is 0 Å². The van der Waals surface area contributed by atoms with E-state index in [1.54, 1.807) is 0 Å². The van der Waals surface area contributed by atoms with E-state index in [0.717, 1.165) is 19.2 Å². The van der Waals surface area contributed by atoms with Crippen LogP contribution in [0.5, 0.6) is 0 Å². The van der Waals surface area contributed by atoms with Gasteiger partial charge in [-0.3, -0.25) is 0 Å². The Balaban J connectivity index is 3.47. The molecule has 0 aliphatic heterocycles. The quantitative estimate of drug-likeness (QED) is 0.384. The lowest BCUT2D eigenvalue weighted by Gasteiger charge is -2.03. The first-order chi connectivity index (χ1) is 5.66. The van der Waals surface area contributed by atoms with E-state index < -0.39 is 0 Å². The van der Waals surface area contributed by atoms with Crippen LogP contribution in [-0.4, -0.2) is 12.5 Å². The highest BCUT2D eigenvalue weighted by molar-refractivity contribution is 7.81. The summed E-state index contributed by atoms with van der Waals surface area (Å²) in [5.41, 5.74) is 0. The fourth-order valence-corrected chi connectivity index (χ4v) is 0.988. The van der Waals surface area contributed by atoms with Gasteiger partial charge < -0.3 is 0 Å². The Hall–Kier alpha value is -0.0251. The van der Waals surface area contributed by atoms with Crippen molar-refractivity contribution >= 4 is 19.9 Å². The van der Waals surface area contributed by atoms with E-state index in [4.69, 9.17) is 0 Å². The molecule has 0 amide bonds. The Bertz CT molecular complexity index is 155. The summed E-state index contributed by atoms with van der Waals surface area (Å²) in [6.07, 6.45) is 3.14. The summed E-state index contributed by atoms with van der Waals surface area (Å²) in [6, 6.07) is 0. The molecule has 2 heteroatoms. The molecule has 67 valence electrons. The average Bonchev–Trinajstić information content (AvgIpc) is 2.01. The highest BCUT2D eigenvalue weighted by Crippen LogP contribution is 2.07. The lowest BCUT2D eigenvalue weighted by Crippen LogP contribution is -2.03. The molecule has 0 aliphatic carbocycles. The SMILES string of the molecule is CCCC#CC(S)C[B]C(C)C. The zero-order valence-corrected chi connectivity index (χ0v) is 9.20. The third kappa shape index (κ3) is 8.08. The van der Waals surface area contributed by atoms with E-state index >= 15 is 0 Å². The maximum Gasteiger partial charge on any atom is 0.115 e. The molecule has 0 bridgehead atoms. The van der Waals surface area contributed by atoms with Crippen LogP contribution in [0.2, 0.25) is 12.1 Å². The molecule has 1 radical (unpaired) electrons. The smallest absolute Gasteiger partial charge is 0.115 e. The summed E-state index contributed by atoms with van der Waals surface area (Å²) < 4.78 is 0. The van der Waals surface area contributed by atoms with Crippen molar-refractivity contribution in [3.8, 4) is 11.8 Å². The Morgan fingerprint density at radius 1 is 1.42 bits per heavy atom. The maximum atomic E-state index is 4.37. The van der Waals surface area contributed by atoms with Crippen LogP contribution < -0.4 is 0 Å². The number of hydrogen-bond acceptors (Lipinski definition) is 1. The summed E-state index contributed by atoms with van der Waals surface area (Å²) in [7, 11) is 2.26. The van der Waals surface area contributed by atoms with Gasteiger partial charge in [0.2, 0.25) is 0 Å². The van der Waals surface area contributed by atoms with E-state index in [-0.39, 0.29) is 5.25 Å². The molecule has 0 aromatic rings. The Kier molecular flexibility index (Phi) is 7.60. The molecule has 0 nitrogen and oxygen atoms in total. The van der Waals surface area contributed by atoms with Crippen molar-refractivity contribution in [3.63, 3.8) is 0 Å². The second kappa shape index (κ2) is 7.62. The zero-order chi connectivity index (χ0) is 9.40. The summed E-state index contributed by atoms with van der Waals surface area (Å²) in [5.74, 6) is 6.88. The molecule has 0 fully saturated rings. The summed E-state index contributed by atoms with van der Waals surface area (Å²) >= 11 is 4.37. The first-order valence-electron chi connectivity index (χ1n) is 4.66. The highest BCUT2D eigenvalue weighted by Gasteiger charge is 2.01. The highest BCUT2D eigenvalue weighted by atomic mass is 32.1. The van der Waals surface area contributed by atoms with Crippen LogP contribution in [-0.2, 0) is 0 Å². The van der Waals surface area contributed by atoms with Gasteiger partial charge in [0.15, 0.2) is 0 Å². The lowest BCUT2D eigenvalue weighted by molar-refractivity contribution is 0.981. The topological polar surface area (TPSA) is 0 Å². The first kappa shape index (κ1) is 12.0. The third-order valence-corrected chi connectivity index (χ3v) is 1.81. The van der Waals surface area contributed by atoms with E-state index in [1.807, 2.05) is 0 Å². The number of thiol groups is 1. The molecule has 0 aromatic heterocycles. The van der Waals surface area contributed by atoms with Crippen molar-refractivity contribution in [3.05, 3.63) is 0 Å². The van der Waals surface area contributed by atoms with Gasteiger partial charge in [-0.15, -0.1) is 5.92 Å². The van der Waals surface area contributed by atoms with Crippen LogP contribution in [0.3, 0.4) is 0 Å². The largest absolute Gasteiger partial charge is 0.164 e. The molecule has 12 heavy (non-hydrogen) atoms. The fraction of sp³-hybridized carbons (Fsp3) is 0.800. The van der Waals surface area contributed by atoms with Crippen molar-refractivity contribution in [1.29, 1.82) is 0 Å². The van der Waals surface area contributed by atoms with Gasteiger partial charge in [-0.2, -0.15) is 12.6 Å². The molecule has 0 rings (SSSR count). The molecule has 0 N–H and O–H groups in total. The Labute approximate surface area is 83.2 Å². The normalized spacial score (nSPS) is 12.1. The monoisotopic (exact) mass is 181 g/mol. The van der Waals surface area contributed by atoms with Crippen molar-refractivity contribution in [2.45, 2.75) is 51.0 Å². The van der Waals surface area contributed by atoms with Crippen molar-refractivity contribution in [2.24, 2.45) is 0 Å². The number of unbranched alkanes of at least 4 members (excludes halogenated alkanes) is 1. The summed E-state index contributed by atoms with van der Waals surface area (Å²) in [4.78, 5) is 0. The molecule has 1 atom stereocenters. The summed E-state index contributed by atoms with van der Waals surface area (Å²) in [5, 5.41) is 0.235. The van der Waals surface area contributed by atoms with Crippen LogP contribution in [0.4, 0.5) is 0 Å². The Morgan fingerprint density at radius 3 is 2.58 bits per heavy atom. The molecule has 0 heterocycles. The van der Waals surface area contributed by atoms with Crippen LogP contribution in [0, 0.1) is 11.8 Å². The van der Waals surface area contributed by atoms with E-state index in [9.17, 15) is 0 Å². The minimum Gasteiger partial charge on any atom is -0.164 e. The maximum absolute atomic E-state index is 4.37. The second-order valence-electron chi connectivity index (χ2n) is 3.30. The molecule has 0 saturated carbocycles. The van der Waals surface area contributed by atoms with Crippen molar-refractivity contribution in [1.82, 2.24) is 0 Å². The minimum atomic E-state index is 0.235. The standard InChI is InChI=1S/C10H18BS/c1-4-5-6-7-10(12)8-11-9(2)3/h9-10,12H,4-5,8H2,1-3H3. The van der Waals surface area contributed by atoms with Gasteiger partial charge in [-0.1, -0.05) is 38.8 Å². The summed E-state index contributed by atoms with van der Waals surface area (Å²) in [6.45, 7) is 6.50. The molecule has 0 aliphatic rings. The molecule has 0 spiro atoms. The van der Waals surface area contributed by atoms with Gasteiger partial charge in [0.05, 0.1) is 5.25 Å². The van der Waals surface area contributed by atoms with Gasteiger partial charge >= 0.3 is 0 Å². The predicted molar refractivity (Wildman–Crippen MR) is 61.1 cm³/mol. The van der Waals surface area contributed by atoms with Crippen molar-refractivity contribution in [2.75, 3.05) is 0 Å². The van der Waals surface area contributed by atoms with Gasteiger partial charge in [0.25, 0.3) is 0 Å². The zero-order valence-electron chi connectivity index (χ0n) is 8.30. The second-order valence-corrected chi connectivity index (χ2v) is 3.93. The molecule has 1 unspecified atom stereocenters. The van der Waals surface area contributed by atoms with Crippen molar-refractivity contribution < 1.29 is 0 Å². The van der Waals surface area contributed by atoms with E-state index in [0.29, 0.717) is 5.82 Å². The molecular weight excluding hydrogens is 163 g/mol. The molecule has 0 saturated heterocycles. The van der Waals surface area contributed by atoms with E-state index in [2.05, 4.69) is 52.5 Å². The van der Waals surface area contributed by atoms with Gasteiger partial charge in [0, 0.05) is 6.42 Å². The average molecular weight is 181 g/mol. The molecular formula is C10H18BS. The fourth-order valence-electron chi connectivity index (χ4n) is 0.775. The Morgan fingerprint density at radius 2 is 2.08 bits per heavy atom. The van der Waals surface area contributed by atoms with Crippen LogP contribution >= 0.6 is 12.6 Å². The van der Waals surface area contributed by atoms with Crippen LogP contribution in [0.25, 0.3) is 0 Å². The van der Waals surface area contributed by atoms with Gasteiger partial charge in [-0.05, 0) is 6.42 Å². The van der Waals surface area contributed by atoms with Gasteiger partial charge in [0.1, 0.15) is 7.28 Å². The first-order valence-corrected chi connectivity index (χ1v) is 5.18. The number of rotatable bonds is 4.